The van der Waals surface area contributed by atoms with Crippen molar-refractivity contribution in [3.05, 3.63) is 71.1 Å². The van der Waals surface area contributed by atoms with Crippen LogP contribution in [0, 0.1) is 11.3 Å². The molecule has 0 aliphatic carbocycles. The number of nitrogens with one attached hydrogen (secondary N) is 1. The van der Waals surface area contributed by atoms with Gasteiger partial charge in [-0.1, -0.05) is 12.1 Å². The molecule has 6 nitrogen and oxygen atoms in total. The summed E-state index contributed by atoms with van der Waals surface area (Å²) in [6.45, 7) is 7.30. The van der Waals surface area contributed by atoms with Gasteiger partial charge in [0, 0.05) is 29.5 Å². The highest BCUT2D eigenvalue weighted by molar-refractivity contribution is 5.93. The number of imidazole rings is 1. The van der Waals surface area contributed by atoms with Crippen molar-refractivity contribution in [2.24, 2.45) is 0 Å². The predicted octanol–water partition coefficient (Wildman–Crippen LogP) is 3.58. The van der Waals surface area contributed by atoms with E-state index in [0.717, 1.165) is 16.9 Å². The minimum atomic E-state index is -0.481. The van der Waals surface area contributed by atoms with Crippen LogP contribution in [0.3, 0.4) is 0 Å². The Balaban J connectivity index is 2.13. The second kappa shape index (κ2) is 7.50. The Morgan fingerprint density at radius 3 is 2.74 bits per heavy atom. The molecular weight excluding hydrogens is 340 g/mol. The Morgan fingerprint density at radius 2 is 2.11 bits per heavy atom. The van der Waals surface area contributed by atoms with E-state index in [0.29, 0.717) is 16.8 Å². The molecule has 0 saturated heterocycles. The largest absolute Gasteiger partial charge is 0.460 e. The van der Waals surface area contributed by atoms with Crippen LogP contribution in [0.25, 0.3) is 5.69 Å². The van der Waals surface area contributed by atoms with Crippen LogP contribution in [0.4, 0.5) is 0 Å². The van der Waals surface area contributed by atoms with Gasteiger partial charge in [-0.3, -0.25) is 0 Å². The maximum Gasteiger partial charge on any atom is 0.337 e. The van der Waals surface area contributed by atoms with E-state index in [9.17, 15) is 10.1 Å². The van der Waals surface area contributed by atoms with Gasteiger partial charge in [-0.2, -0.15) is 5.26 Å². The monoisotopic (exact) mass is 362 g/mol. The van der Waals surface area contributed by atoms with E-state index in [4.69, 9.17) is 4.74 Å². The summed E-state index contributed by atoms with van der Waals surface area (Å²) in [6, 6.07) is 10.0. The van der Waals surface area contributed by atoms with Gasteiger partial charge in [0.25, 0.3) is 0 Å². The van der Waals surface area contributed by atoms with Gasteiger partial charge in [0.1, 0.15) is 0 Å². The summed E-state index contributed by atoms with van der Waals surface area (Å²) >= 11 is 0. The number of rotatable bonds is 4. The first-order valence-corrected chi connectivity index (χ1v) is 8.80. The number of esters is 1. The minimum Gasteiger partial charge on any atom is -0.460 e. The topological polar surface area (TPSA) is 79.9 Å². The first-order valence-electron chi connectivity index (χ1n) is 8.80. The molecule has 0 fully saturated rings. The molecule has 0 amide bonds. The Labute approximate surface area is 158 Å². The molecule has 138 valence electrons. The number of nitrogens with zero attached hydrogens (tertiary/aromatic N) is 3. The van der Waals surface area contributed by atoms with Crippen molar-refractivity contribution in [3.8, 4) is 11.8 Å². The predicted molar refractivity (Wildman–Crippen MR) is 102 cm³/mol. The van der Waals surface area contributed by atoms with E-state index in [-0.39, 0.29) is 6.10 Å². The smallest absolute Gasteiger partial charge is 0.337 e. The van der Waals surface area contributed by atoms with E-state index in [1.54, 1.807) is 12.5 Å². The molecule has 1 aromatic heterocycles. The zero-order chi connectivity index (χ0) is 19.6. The molecule has 1 aliphatic rings. The maximum atomic E-state index is 12.8. The van der Waals surface area contributed by atoms with Gasteiger partial charge in [-0.15, -0.1) is 0 Å². The van der Waals surface area contributed by atoms with E-state index in [2.05, 4.69) is 16.4 Å². The fraction of sp³-hybridized carbons (Fsp3) is 0.286. The van der Waals surface area contributed by atoms with Crippen LogP contribution in [-0.2, 0) is 9.53 Å². The average Bonchev–Trinajstić information content (AvgIpc) is 3.15. The van der Waals surface area contributed by atoms with Gasteiger partial charge >= 0.3 is 5.97 Å². The van der Waals surface area contributed by atoms with Crippen molar-refractivity contribution < 1.29 is 9.53 Å². The summed E-state index contributed by atoms with van der Waals surface area (Å²) in [5.74, 6) is -0.890. The summed E-state index contributed by atoms with van der Waals surface area (Å²) in [7, 11) is 0. The molecule has 0 radical (unpaired) electrons. The lowest BCUT2D eigenvalue weighted by molar-refractivity contribution is -0.143. The van der Waals surface area contributed by atoms with Gasteiger partial charge in [0.05, 0.1) is 35.6 Å². The molecular formula is C21H22N4O2. The fourth-order valence-electron chi connectivity index (χ4n) is 3.30. The van der Waals surface area contributed by atoms with Gasteiger partial charge in [0.15, 0.2) is 0 Å². The third kappa shape index (κ3) is 3.63. The highest BCUT2D eigenvalue weighted by Crippen LogP contribution is 2.38. The minimum absolute atomic E-state index is 0.242. The number of allylic oxidation sites excluding steroid dienone is 3. The third-order valence-electron chi connectivity index (χ3n) is 4.45. The number of carbonyl (C=O) groups excluding carboxylic acids is 1. The van der Waals surface area contributed by atoms with Crippen molar-refractivity contribution in [1.82, 2.24) is 14.9 Å². The first-order chi connectivity index (χ1) is 12.9. The second-order valence-electron chi connectivity index (χ2n) is 6.77. The molecule has 2 aromatic rings. The quantitative estimate of drug-likeness (QED) is 0.841. The zero-order valence-electron chi connectivity index (χ0n) is 15.9. The molecule has 2 heterocycles. The average molecular weight is 362 g/mol. The summed E-state index contributed by atoms with van der Waals surface area (Å²) in [5, 5.41) is 12.9. The molecule has 1 atom stereocenters. The SMILES string of the molecule is CC1=C(C#N)C(c2cccc(-n3ccnc3)c2)C(C(=O)OC(C)C)=C(C)N1. The zero-order valence-corrected chi connectivity index (χ0v) is 15.9. The molecule has 0 spiro atoms. The van der Waals surface area contributed by atoms with Crippen LogP contribution in [0.15, 0.2) is 65.5 Å². The lowest BCUT2D eigenvalue weighted by Crippen LogP contribution is -2.29. The number of nitriles is 1. The Bertz CT molecular complexity index is 962. The Morgan fingerprint density at radius 1 is 1.33 bits per heavy atom. The number of benzene rings is 1. The molecule has 1 N–H and O–H groups in total. The summed E-state index contributed by atoms with van der Waals surface area (Å²) < 4.78 is 7.34. The fourth-order valence-corrected chi connectivity index (χ4v) is 3.30. The number of carbonyl (C=O) groups is 1. The van der Waals surface area contributed by atoms with Crippen LogP contribution in [0.2, 0.25) is 0 Å². The van der Waals surface area contributed by atoms with E-state index >= 15 is 0 Å². The second-order valence-corrected chi connectivity index (χ2v) is 6.77. The summed E-state index contributed by atoms with van der Waals surface area (Å²) in [5.41, 5.74) is 4.19. The number of dihydropyridines is 1. The first kappa shape index (κ1) is 18.5. The van der Waals surface area contributed by atoms with E-state index in [1.165, 1.54) is 0 Å². The molecule has 0 saturated carbocycles. The Kier molecular flexibility index (Phi) is 5.13. The van der Waals surface area contributed by atoms with Gasteiger partial charge in [-0.25, -0.2) is 9.78 Å². The van der Waals surface area contributed by atoms with Crippen LogP contribution >= 0.6 is 0 Å². The van der Waals surface area contributed by atoms with Crippen molar-refractivity contribution >= 4 is 5.97 Å². The normalized spacial score (nSPS) is 17.0. The summed E-state index contributed by atoms with van der Waals surface area (Å²) in [6.07, 6.45) is 5.02. The van der Waals surface area contributed by atoms with E-state index < -0.39 is 11.9 Å². The molecule has 3 rings (SSSR count). The Hall–Kier alpha value is -3.33. The molecule has 27 heavy (non-hydrogen) atoms. The van der Waals surface area contributed by atoms with Crippen LogP contribution < -0.4 is 5.32 Å². The van der Waals surface area contributed by atoms with Crippen LogP contribution in [0.1, 0.15) is 39.2 Å². The lowest BCUT2D eigenvalue weighted by atomic mass is 9.81. The highest BCUT2D eigenvalue weighted by Gasteiger charge is 2.34. The highest BCUT2D eigenvalue weighted by atomic mass is 16.5. The van der Waals surface area contributed by atoms with Gasteiger partial charge in [-0.05, 0) is 45.4 Å². The number of ether oxygens (including phenoxy) is 1. The van der Waals surface area contributed by atoms with Gasteiger partial charge in [0.2, 0.25) is 0 Å². The summed E-state index contributed by atoms with van der Waals surface area (Å²) in [4.78, 5) is 16.9. The van der Waals surface area contributed by atoms with Crippen LogP contribution in [0.5, 0.6) is 0 Å². The lowest BCUT2D eigenvalue weighted by Gasteiger charge is -2.29. The molecule has 6 heteroatoms. The standard InChI is InChI=1S/C21H22N4O2/c1-13(2)27-21(26)19-15(4)24-14(3)18(11-22)20(19)16-6-5-7-17(10-16)25-9-8-23-12-25/h5-10,12-13,20,24H,1-4H3. The van der Waals surface area contributed by atoms with Crippen molar-refractivity contribution in [3.63, 3.8) is 0 Å². The molecule has 0 bridgehead atoms. The number of hydrogen-bond donors (Lipinski definition) is 1. The number of aromatic nitrogens is 2. The molecule has 1 unspecified atom stereocenters. The molecule has 1 aromatic carbocycles. The maximum absolute atomic E-state index is 12.8. The van der Waals surface area contributed by atoms with E-state index in [1.807, 2.05) is 62.7 Å². The third-order valence-corrected chi connectivity index (χ3v) is 4.45. The number of hydrogen-bond acceptors (Lipinski definition) is 5. The van der Waals surface area contributed by atoms with Crippen molar-refractivity contribution in [1.29, 1.82) is 5.26 Å². The van der Waals surface area contributed by atoms with Crippen molar-refractivity contribution in [2.75, 3.05) is 0 Å². The van der Waals surface area contributed by atoms with Crippen molar-refractivity contribution in [2.45, 2.75) is 39.7 Å². The molecule has 1 aliphatic heterocycles. The van der Waals surface area contributed by atoms with Crippen LogP contribution in [-0.4, -0.2) is 21.6 Å². The van der Waals surface area contributed by atoms with Gasteiger partial charge < -0.3 is 14.6 Å².